The molecular weight excluding hydrogens is 784 g/mol. The van der Waals surface area contributed by atoms with Gasteiger partial charge in [0.05, 0.1) is 69.0 Å². The highest BCUT2D eigenvalue weighted by atomic mass is 35.5. The second-order valence-corrected chi connectivity index (χ2v) is 14.4. The van der Waals surface area contributed by atoms with Gasteiger partial charge in [0.2, 0.25) is 0 Å². The molecule has 290 valence electrons. The molecule has 2 aromatic heterocycles. The molecule has 60 heavy (non-hydrogen) atoms. The van der Waals surface area contributed by atoms with Crippen LogP contribution in [0, 0.1) is 0 Å². The van der Waals surface area contributed by atoms with Crippen LogP contribution in [0.4, 0.5) is 68.2 Å². The van der Waals surface area contributed by atoms with Crippen LogP contribution in [0.15, 0.2) is 219 Å². The van der Waals surface area contributed by atoms with Gasteiger partial charge in [0, 0.05) is 34.1 Å². The number of rotatable bonds is 12. The van der Waals surface area contributed by atoms with Gasteiger partial charge in [0.1, 0.15) is 12.7 Å². The van der Waals surface area contributed by atoms with Gasteiger partial charge in [-0.1, -0.05) is 114 Å². The summed E-state index contributed by atoms with van der Waals surface area (Å²) >= 11 is 15.2. The SMILES string of the molecule is Clc1c(N(c2ccccc2)c2ccccc2)cccc1N(c1cncnc1)c1cccc(N(c2cncnc2)c2cccc(N(c3ccccc3)c3ccccc3)c2Cl)c1. The molecule has 7 aromatic carbocycles. The van der Waals surface area contributed by atoms with E-state index >= 15 is 0 Å². The van der Waals surface area contributed by atoms with Crippen molar-refractivity contribution in [1.82, 2.24) is 19.9 Å². The largest absolute Gasteiger partial charge is 0.309 e. The molecule has 0 atom stereocenters. The topological polar surface area (TPSA) is 64.5 Å². The van der Waals surface area contributed by atoms with E-state index in [0.717, 1.165) is 68.2 Å². The van der Waals surface area contributed by atoms with Gasteiger partial charge < -0.3 is 19.6 Å². The first-order valence-electron chi connectivity index (χ1n) is 19.2. The van der Waals surface area contributed by atoms with E-state index in [-0.39, 0.29) is 0 Å². The van der Waals surface area contributed by atoms with Crippen molar-refractivity contribution >= 4 is 91.5 Å². The number of para-hydroxylation sites is 4. The zero-order valence-corrected chi connectivity index (χ0v) is 33.6. The highest BCUT2D eigenvalue weighted by Gasteiger charge is 2.26. The predicted octanol–water partition coefficient (Wildman–Crippen LogP) is 14.5. The van der Waals surface area contributed by atoms with E-state index in [1.165, 1.54) is 12.7 Å². The summed E-state index contributed by atoms with van der Waals surface area (Å²) in [5, 5.41) is 1.07. The molecule has 0 aliphatic carbocycles. The van der Waals surface area contributed by atoms with Crippen LogP contribution in [0.3, 0.4) is 0 Å². The van der Waals surface area contributed by atoms with E-state index in [1.807, 2.05) is 127 Å². The first kappa shape index (κ1) is 38.0. The third kappa shape index (κ3) is 7.73. The van der Waals surface area contributed by atoms with Crippen molar-refractivity contribution < 1.29 is 0 Å². The van der Waals surface area contributed by atoms with E-state index in [4.69, 9.17) is 23.2 Å². The number of aromatic nitrogens is 4. The second-order valence-electron chi connectivity index (χ2n) is 13.6. The average molecular weight is 820 g/mol. The number of hydrogen-bond donors (Lipinski definition) is 0. The first-order chi connectivity index (χ1) is 29.7. The van der Waals surface area contributed by atoms with Crippen molar-refractivity contribution in [3.05, 3.63) is 229 Å². The summed E-state index contributed by atoms with van der Waals surface area (Å²) in [5.74, 6) is 0. The molecule has 0 aliphatic rings. The Morgan fingerprint density at radius 1 is 0.267 bits per heavy atom. The van der Waals surface area contributed by atoms with Crippen LogP contribution in [0.25, 0.3) is 0 Å². The fraction of sp³-hybridized carbons (Fsp3) is 0. The molecule has 0 N–H and O–H groups in total. The van der Waals surface area contributed by atoms with E-state index in [2.05, 4.69) is 94.1 Å². The summed E-state index contributed by atoms with van der Waals surface area (Å²) in [7, 11) is 0. The molecule has 9 aromatic rings. The highest BCUT2D eigenvalue weighted by molar-refractivity contribution is 6.37. The number of hydrogen-bond acceptors (Lipinski definition) is 8. The maximum atomic E-state index is 7.59. The molecule has 0 aliphatic heterocycles. The second kappa shape index (κ2) is 17.5. The first-order valence-corrected chi connectivity index (χ1v) is 20.0. The number of nitrogens with zero attached hydrogens (tertiary/aromatic N) is 8. The molecule has 0 bridgehead atoms. The Kier molecular flexibility index (Phi) is 11.1. The predicted molar refractivity (Wildman–Crippen MR) is 246 cm³/mol. The molecular formula is C50H36Cl2N8. The summed E-state index contributed by atoms with van der Waals surface area (Å²) in [6.07, 6.45) is 10.1. The van der Waals surface area contributed by atoms with E-state index < -0.39 is 0 Å². The quantitative estimate of drug-likeness (QED) is 0.121. The van der Waals surface area contributed by atoms with Crippen molar-refractivity contribution in [3.8, 4) is 0 Å². The molecule has 0 spiro atoms. The Labute approximate surface area is 358 Å². The highest BCUT2D eigenvalue weighted by Crippen LogP contribution is 2.49. The Bertz CT molecular complexity index is 2530. The molecule has 8 nitrogen and oxygen atoms in total. The van der Waals surface area contributed by atoms with Crippen LogP contribution in [-0.4, -0.2) is 19.9 Å². The Hall–Kier alpha value is -7.52. The lowest BCUT2D eigenvalue weighted by molar-refractivity contribution is 1.12. The van der Waals surface area contributed by atoms with Crippen molar-refractivity contribution in [3.63, 3.8) is 0 Å². The van der Waals surface area contributed by atoms with Gasteiger partial charge >= 0.3 is 0 Å². The fourth-order valence-corrected chi connectivity index (χ4v) is 7.90. The fourth-order valence-electron chi connectivity index (χ4n) is 7.31. The van der Waals surface area contributed by atoms with Crippen LogP contribution >= 0.6 is 23.2 Å². The smallest absolute Gasteiger partial charge is 0.115 e. The molecule has 0 saturated carbocycles. The summed E-state index contributed by atoms with van der Waals surface area (Å²) in [5.41, 5.74) is 9.99. The normalized spacial score (nSPS) is 10.8. The molecule has 0 radical (unpaired) electrons. The van der Waals surface area contributed by atoms with Crippen LogP contribution in [0.5, 0.6) is 0 Å². The molecule has 0 amide bonds. The van der Waals surface area contributed by atoms with Crippen LogP contribution in [0.2, 0.25) is 10.0 Å². The number of benzene rings is 7. The minimum atomic E-state index is 0.533. The molecule has 10 heteroatoms. The summed E-state index contributed by atoms with van der Waals surface area (Å²) in [4.78, 5) is 26.1. The Balaban J connectivity index is 1.20. The Morgan fingerprint density at radius 3 is 0.817 bits per heavy atom. The Morgan fingerprint density at radius 2 is 0.517 bits per heavy atom. The van der Waals surface area contributed by atoms with Gasteiger partial charge in [-0.05, 0) is 91.0 Å². The van der Waals surface area contributed by atoms with Gasteiger partial charge in [-0.2, -0.15) is 0 Å². The molecule has 9 rings (SSSR count). The summed E-state index contributed by atoms with van der Waals surface area (Å²) < 4.78 is 0. The number of anilines is 12. The van der Waals surface area contributed by atoms with E-state index in [9.17, 15) is 0 Å². The average Bonchev–Trinajstić information content (AvgIpc) is 3.31. The van der Waals surface area contributed by atoms with E-state index in [1.54, 1.807) is 24.8 Å². The minimum Gasteiger partial charge on any atom is -0.309 e. The summed E-state index contributed by atoms with van der Waals surface area (Å²) in [6, 6.07) is 61.1. The van der Waals surface area contributed by atoms with Crippen molar-refractivity contribution in [2.75, 3.05) is 19.6 Å². The molecule has 0 fully saturated rings. The standard InChI is InChI=1S/C50H36Cl2N8/c51-49-45(57(37-16-5-1-6-17-37)38-18-7-2-8-19-38)26-14-28-47(49)59(43-31-53-35-54-32-43)41-24-13-25-42(30-41)60(44-33-55-36-56-34-44)48-29-15-27-46(50(48)52)58(39-20-9-3-10-21-39)40-22-11-4-12-23-40/h1-36H. The van der Waals surface area contributed by atoms with Gasteiger partial charge in [0.25, 0.3) is 0 Å². The van der Waals surface area contributed by atoms with Crippen LogP contribution in [-0.2, 0) is 0 Å². The third-order valence-electron chi connectivity index (χ3n) is 9.89. The molecule has 0 unspecified atom stereocenters. The van der Waals surface area contributed by atoms with Gasteiger partial charge in [-0.3, -0.25) is 0 Å². The zero-order chi connectivity index (χ0) is 40.7. The molecule has 0 saturated heterocycles. The van der Waals surface area contributed by atoms with Crippen molar-refractivity contribution in [2.45, 2.75) is 0 Å². The zero-order valence-electron chi connectivity index (χ0n) is 32.1. The lowest BCUT2D eigenvalue weighted by Gasteiger charge is -2.32. The van der Waals surface area contributed by atoms with Gasteiger partial charge in [-0.15, -0.1) is 0 Å². The monoisotopic (exact) mass is 818 g/mol. The number of halogens is 2. The minimum absolute atomic E-state index is 0.533. The van der Waals surface area contributed by atoms with Gasteiger partial charge in [-0.25, -0.2) is 19.9 Å². The lowest BCUT2D eigenvalue weighted by Crippen LogP contribution is -2.16. The van der Waals surface area contributed by atoms with Crippen LogP contribution in [0.1, 0.15) is 0 Å². The lowest BCUT2D eigenvalue weighted by atomic mass is 10.1. The van der Waals surface area contributed by atoms with Crippen molar-refractivity contribution in [2.24, 2.45) is 0 Å². The van der Waals surface area contributed by atoms with Crippen LogP contribution < -0.4 is 19.6 Å². The maximum absolute atomic E-state index is 7.59. The van der Waals surface area contributed by atoms with E-state index in [0.29, 0.717) is 10.0 Å². The molecule has 2 heterocycles. The summed E-state index contributed by atoms with van der Waals surface area (Å²) in [6.45, 7) is 0. The third-order valence-corrected chi connectivity index (χ3v) is 10.7. The maximum Gasteiger partial charge on any atom is 0.115 e. The van der Waals surface area contributed by atoms with Gasteiger partial charge in [0.15, 0.2) is 0 Å². The van der Waals surface area contributed by atoms with Crippen molar-refractivity contribution in [1.29, 1.82) is 0 Å².